The molecule has 3 aromatic heterocycles. The summed E-state index contributed by atoms with van der Waals surface area (Å²) >= 11 is 0. The average molecular weight is 360 g/mol. The van der Waals surface area contributed by atoms with Crippen LogP contribution < -0.4 is 5.32 Å². The van der Waals surface area contributed by atoms with Crippen molar-refractivity contribution >= 4 is 16.9 Å². The monoisotopic (exact) mass is 360 g/mol. The fourth-order valence-electron chi connectivity index (χ4n) is 3.19. The second-order valence-corrected chi connectivity index (χ2v) is 6.54. The smallest absolute Gasteiger partial charge is 0.252 e. The van der Waals surface area contributed by atoms with Crippen molar-refractivity contribution < 1.29 is 9.21 Å². The highest BCUT2D eigenvalue weighted by molar-refractivity contribution is 6.06. The van der Waals surface area contributed by atoms with Gasteiger partial charge in [-0.1, -0.05) is 18.2 Å². The number of carbonyl (C=O) groups excluding carboxylic acids is 1. The molecule has 0 spiro atoms. The number of amides is 1. The van der Waals surface area contributed by atoms with Gasteiger partial charge >= 0.3 is 0 Å². The van der Waals surface area contributed by atoms with E-state index in [1.165, 1.54) is 0 Å². The molecule has 0 atom stereocenters. The van der Waals surface area contributed by atoms with E-state index in [-0.39, 0.29) is 5.91 Å². The predicted octanol–water partition coefficient (Wildman–Crippen LogP) is 3.87. The van der Waals surface area contributed by atoms with Crippen LogP contribution in [0.1, 0.15) is 33.3 Å². The maximum Gasteiger partial charge on any atom is 0.252 e. The molecule has 6 heteroatoms. The maximum absolute atomic E-state index is 12.9. The van der Waals surface area contributed by atoms with Crippen molar-refractivity contribution in [2.24, 2.45) is 0 Å². The Labute approximate surface area is 156 Å². The zero-order chi connectivity index (χ0) is 19.0. The fourth-order valence-corrected chi connectivity index (χ4v) is 3.19. The highest BCUT2D eigenvalue weighted by atomic mass is 16.3. The first-order valence-corrected chi connectivity index (χ1v) is 8.79. The molecule has 0 fully saturated rings. The largest absolute Gasteiger partial charge is 0.465 e. The Morgan fingerprint density at radius 2 is 1.89 bits per heavy atom. The molecular formula is C21H20N4O2. The third kappa shape index (κ3) is 3.21. The van der Waals surface area contributed by atoms with Gasteiger partial charge in [-0.2, -0.15) is 5.10 Å². The van der Waals surface area contributed by atoms with Gasteiger partial charge in [-0.05, 0) is 51.1 Å². The van der Waals surface area contributed by atoms with Gasteiger partial charge in [0, 0.05) is 5.69 Å². The minimum atomic E-state index is -0.171. The first-order chi connectivity index (χ1) is 13.0. The fraction of sp³-hybridized carbons (Fsp3) is 0.190. The van der Waals surface area contributed by atoms with Gasteiger partial charge in [-0.3, -0.25) is 4.79 Å². The number of hydrogen-bond donors (Lipinski definition) is 1. The lowest BCUT2D eigenvalue weighted by molar-refractivity contribution is 0.0949. The van der Waals surface area contributed by atoms with E-state index in [1.807, 2.05) is 63.2 Å². The summed E-state index contributed by atoms with van der Waals surface area (Å²) in [5.41, 5.74) is 3.68. The Bertz CT molecular complexity index is 1130. The maximum atomic E-state index is 12.9. The van der Waals surface area contributed by atoms with Crippen molar-refractivity contribution in [1.82, 2.24) is 20.1 Å². The summed E-state index contributed by atoms with van der Waals surface area (Å²) in [6.45, 7) is 5.99. The Hall–Kier alpha value is -3.41. The number of pyridine rings is 1. The second kappa shape index (κ2) is 6.72. The Balaban J connectivity index is 1.74. The minimum absolute atomic E-state index is 0.171. The average Bonchev–Trinajstić information content (AvgIpc) is 3.23. The summed E-state index contributed by atoms with van der Waals surface area (Å²) in [6.07, 6.45) is 0. The van der Waals surface area contributed by atoms with Gasteiger partial charge in [-0.15, -0.1) is 0 Å². The van der Waals surface area contributed by atoms with Gasteiger partial charge < -0.3 is 9.73 Å². The van der Waals surface area contributed by atoms with E-state index in [2.05, 4.69) is 15.4 Å². The SMILES string of the molecule is Cc1cc(C(=O)NCc2ccc(C)o2)c2c(C)nn(-c3ccccc3)c2n1. The summed E-state index contributed by atoms with van der Waals surface area (Å²) in [4.78, 5) is 17.5. The molecule has 1 N–H and O–H groups in total. The highest BCUT2D eigenvalue weighted by Crippen LogP contribution is 2.25. The lowest BCUT2D eigenvalue weighted by atomic mass is 10.1. The first kappa shape index (κ1) is 17.0. The zero-order valence-corrected chi connectivity index (χ0v) is 15.5. The number of furan rings is 1. The molecule has 0 saturated heterocycles. The summed E-state index contributed by atoms with van der Waals surface area (Å²) < 4.78 is 7.31. The number of aromatic nitrogens is 3. The first-order valence-electron chi connectivity index (χ1n) is 8.79. The van der Waals surface area contributed by atoms with Gasteiger partial charge in [-0.25, -0.2) is 9.67 Å². The lowest BCUT2D eigenvalue weighted by Crippen LogP contribution is -2.23. The van der Waals surface area contributed by atoms with Crippen LogP contribution in [0.4, 0.5) is 0 Å². The van der Waals surface area contributed by atoms with E-state index in [4.69, 9.17) is 4.42 Å². The van der Waals surface area contributed by atoms with Crippen LogP contribution in [0.25, 0.3) is 16.7 Å². The third-order valence-corrected chi connectivity index (χ3v) is 4.41. The van der Waals surface area contributed by atoms with Gasteiger partial charge in [0.1, 0.15) is 11.5 Å². The second-order valence-electron chi connectivity index (χ2n) is 6.54. The van der Waals surface area contributed by atoms with Crippen LogP contribution in [0, 0.1) is 20.8 Å². The van der Waals surface area contributed by atoms with Crippen molar-refractivity contribution in [2.75, 3.05) is 0 Å². The summed E-state index contributed by atoms with van der Waals surface area (Å²) in [7, 11) is 0. The van der Waals surface area contributed by atoms with Gasteiger partial charge in [0.2, 0.25) is 0 Å². The molecule has 1 aromatic carbocycles. The lowest BCUT2D eigenvalue weighted by Gasteiger charge is -2.08. The molecular weight excluding hydrogens is 340 g/mol. The standard InChI is InChI=1S/C21H20N4O2/c1-13-11-18(21(26)22-12-17-10-9-14(2)27-17)19-15(3)24-25(20(19)23-13)16-7-5-4-6-8-16/h4-11H,12H2,1-3H3,(H,22,26). The van der Waals surface area contributed by atoms with E-state index in [9.17, 15) is 4.79 Å². The van der Waals surface area contributed by atoms with E-state index in [0.717, 1.165) is 34.0 Å². The number of fused-ring (bicyclic) bond motifs is 1. The highest BCUT2D eigenvalue weighted by Gasteiger charge is 2.19. The van der Waals surface area contributed by atoms with Gasteiger partial charge in [0.25, 0.3) is 5.91 Å². The Morgan fingerprint density at radius 1 is 1.11 bits per heavy atom. The van der Waals surface area contributed by atoms with Crippen molar-refractivity contribution in [3.8, 4) is 5.69 Å². The topological polar surface area (TPSA) is 73.0 Å². The number of rotatable bonds is 4. The Kier molecular flexibility index (Phi) is 4.24. The minimum Gasteiger partial charge on any atom is -0.465 e. The molecule has 1 amide bonds. The molecule has 6 nitrogen and oxygen atoms in total. The van der Waals surface area contributed by atoms with Crippen LogP contribution in [-0.4, -0.2) is 20.7 Å². The summed E-state index contributed by atoms with van der Waals surface area (Å²) in [5, 5.41) is 8.31. The quantitative estimate of drug-likeness (QED) is 0.600. The molecule has 0 bridgehead atoms. The van der Waals surface area contributed by atoms with Gasteiger partial charge in [0.15, 0.2) is 5.65 Å². The van der Waals surface area contributed by atoms with Crippen LogP contribution >= 0.6 is 0 Å². The number of carbonyl (C=O) groups is 1. The van der Waals surface area contributed by atoms with E-state index < -0.39 is 0 Å². The molecule has 0 aliphatic rings. The van der Waals surface area contributed by atoms with Crippen molar-refractivity contribution in [2.45, 2.75) is 27.3 Å². The zero-order valence-electron chi connectivity index (χ0n) is 15.5. The van der Waals surface area contributed by atoms with Crippen LogP contribution in [0.15, 0.2) is 52.9 Å². The number of nitrogens with one attached hydrogen (secondary N) is 1. The van der Waals surface area contributed by atoms with Crippen LogP contribution in [0.5, 0.6) is 0 Å². The number of hydrogen-bond acceptors (Lipinski definition) is 4. The van der Waals surface area contributed by atoms with E-state index in [0.29, 0.717) is 17.8 Å². The normalized spacial score (nSPS) is 11.1. The van der Waals surface area contributed by atoms with E-state index in [1.54, 1.807) is 10.7 Å². The number of aryl methyl sites for hydroxylation is 3. The predicted molar refractivity (Wildman–Crippen MR) is 103 cm³/mol. The van der Waals surface area contributed by atoms with Crippen molar-refractivity contribution in [3.63, 3.8) is 0 Å². The molecule has 4 aromatic rings. The summed E-state index contributed by atoms with van der Waals surface area (Å²) in [5.74, 6) is 1.37. The van der Waals surface area contributed by atoms with Crippen LogP contribution in [-0.2, 0) is 6.54 Å². The molecule has 0 unspecified atom stereocenters. The number of nitrogens with zero attached hydrogens (tertiary/aromatic N) is 3. The van der Waals surface area contributed by atoms with Gasteiger partial charge in [0.05, 0.1) is 28.9 Å². The molecule has 0 saturated carbocycles. The molecule has 3 heterocycles. The number of para-hydroxylation sites is 1. The Morgan fingerprint density at radius 3 is 2.59 bits per heavy atom. The molecule has 0 aliphatic heterocycles. The molecule has 0 aliphatic carbocycles. The van der Waals surface area contributed by atoms with Crippen LogP contribution in [0.3, 0.4) is 0 Å². The number of benzene rings is 1. The molecule has 27 heavy (non-hydrogen) atoms. The van der Waals surface area contributed by atoms with Crippen molar-refractivity contribution in [1.29, 1.82) is 0 Å². The molecule has 4 rings (SSSR count). The van der Waals surface area contributed by atoms with Crippen molar-refractivity contribution in [3.05, 3.63) is 77.0 Å². The van der Waals surface area contributed by atoms with Crippen LogP contribution in [0.2, 0.25) is 0 Å². The molecule has 0 radical (unpaired) electrons. The summed E-state index contributed by atoms with van der Waals surface area (Å²) in [6, 6.07) is 15.3. The van der Waals surface area contributed by atoms with E-state index >= 15 is 0 Å². The third-order valence-electron chi connectivity index (χ3n) is 4.41. The molecule has 136 valence electrons.